The molecule has 0 aliphatic carbocycles. The minimum absolute atomic E-state index is 0. The highest BCUT2D eigenvalue weighted by Crippen LogP contribution is 2.04. The van der Waals surface area contributed by atoms with Crippen LogP contribution in [-0.2, 0) is 17.8 Å². The lowest BCUT2D eigenvalue weighted by Gasteiger charge is -1.88. The lowest BCUT2D eigenvalue weighted by atomic mass is 10.2. The Morgan fingerprint density at radius 2 is 1.65 bits per heavy atom. The van der Waals surface area contributed by atoms with E-state index in [0.717, 1.165) is 22.9 Å². The molecule has 6 nitrogen and oxygen atoms in total. The van der Waals surface area contributed by atoms with Gasteiger partial charge in [-0.1, -0.05) is 17.7 Å². The SMILES string of the molecule is C.CC(=O)CCc1cc(C)no1.Cc1cc(CN)on1. The molecule has 2 heterocycles. The maximum Gasteiger partial charge on any atom is 0.150 e. The van der Waals surface area contributed by atoms with E-state index in [4.69, 9.17) is 14.8 Å². The van der Waals surface area contributed by atoms with Crippen LogP contribution in [0.3, 0.4) is 0 Å². The first-order valence-corrected chi connectivity index (χ1v) is 6.05. The van der Waals surface area contributed by atoms with Gasteiger partial charge in [-0.15, -0.1) is 0 Å². The third-order valence-electron chi connectivity index (χ3n) is 2.28. The van der Waals surface area contributed by atoms with Crippen LogP contribution in [0.15, 0.2) is 21.2 Å². The monoisotopic (exact) mass is 281 g/mol. The van der Waals surface area contributed by atoms with Crippen LogP contribution in [0.25, 0.3) is 0 Å². The van der Waals surface area contributed by atoms with Gasteiger partial charge >= 0.3 is 0 Å². The van der Waals surface area contributed by atoms with Crippen molar-refractivity contribution in [3.05, 3.63) is 35.0 Å². The first kappa shape index (κ1) is 18.0. The number of hydrogen-bond donors (Lipinski definition) is 1. The summed E-state index contributed by atoms with van der Waals surface area (Å²) in [4.78, 5) is 10.6. The molecule has 0 amide bonds. The lowest BCUT2D eigenvalue weighted by Crippen LogP contribution is -1.92. The van der Waals surface area contributed by atoms with Crippen LogP contribution in [0, 0.1) is 13.8 Å². The Bertz CT molecular complexity index is 517. The zero-order chi connectivity index (χ0) is 14.3. The van der Waals surface area contributed by atoms with Gasteiger partial charge in [0.2, 0.25) is 0 Å². The molecule has 0 unspecified atom stereocenters. The number of carbonyl (C=O) groups excluding carboxylic acids is 1. The highest BCUT2D eigenvalue weighted by molar-refractivity contribution is 5.75. The van der Waals surface area contributed by atoms with Gasteiger partial charge in [-0.05, 0) is 20.8 Å². The Labute approximate surface area is 119 Å². The molecule has 2 aromatic heterocycles. The highest BCUT2D eigenvalue weighted by Gasteiger charge is 2.01. The van der Waals surface area contributed by atoms with Crippen LogP contribution in [0.1, 0.15) is 43.7 Å². The average Bonchev–Trinajstić information content (AvgIpc) is 2.96. The molecule has 112 valence electrons. The third-order valence-corrected chi connectivity index (χ3v) is 2.28. The van der Waals surface area contributed by atoms with Crippen molar-refractivity contribution in [2.24, 2.45) is 5.73 Å². The Morgan fingerprint density at radius 3 is 1.95 bits per heavy atom. The third kappa shape index (κ3) is 6.84. The first-order chi connectivity index (χ1) is 9.01. The number of Topliss-reactive ketones (excluding diaryl/α,β-unsaturated/α-hetero) is 1. The molecule has 0 fully saturated rings. The van der Waals surface area contributed by atoms with Crippen molar-refractivity contribution in [1.82, 2.24) is 10.3 Å². The van der Waals surface area contributed by atoms with E-state index in [-0.39, 0.29) is 13.2 Å². The van der Waals surface area contributed by atoms with Gasteiger partial charge in [-0.3, -0.25) is 0 Å². The molecule has 0 aromatic carbocycles. The standard InChI is InChI=1S/C8H11NO2.C5H8N2O.CH4/c1-6-5-8(11-9-6)4-3-7(2)10;1-4-2-5(3-6)8-7-4;/h5H,3-4H2,1-2H3;2H,3,6H2,1H3;1H4. The van der Waals surface area contributed by atoms with Crippen LogP contribution >= 0.6 is 0 Å². The number of hydrogen-bond acceptors (Lipinski definition) is 6. The topological polar surface area (TPSA) is 95.2 Å². The largest absolute Gasteiger partial charge is 0.361 e. The summed E-state index contributed by atoms with van der Waals surface area (Å²) in [6.07, 6.45) is 1.20. The summed E-state index contributed by atoms with van der Waals surface area (Å²) < 4.78 is 9.65. The zero-order valence-corrected chi connectivity index (χ0v) is 11.5. The van der Waals surface area contributed by atoms with E-state index in [1.807, 2.05) is 26.0 Å². The van der Waals surface area contributed by atoms with Gasteiger partial charge in [0.1, 0.15) is 11.5 Å². The van der Waals surface area contributed by atoms with Crippen molar-refractivity contribution < 1.29 is 13.8 Å². The van der Waals surface area contributed by atoms with Gasteiger partial charge in [0.25, 0.3) is 0 Å². The molecule has 0 saturated heterocycles. The first-order valence-electron chi connectivity index (χ1n) is 6.05. The van der Waals surface area contributed by atoms with Gasteiger partial charge in [-0.2, -0.15) is 0 Å². The maximum atomic E-state index is 10.6. The number of aryl methyl sites for hydroxylation is 3. The van der Waals surface area contributed by atoms with E-state index in [9.17, 15) is 4.79 Å². The number of carbonyl (C=O) groups is 1. The molecule has 0 radical (unpaired) electrons. The molecule has 0 bridgehead atoms. The van der Waals surface area contributed by atoms with Crippen molar-refractivity contribution in [1.29, 1.82) is 0 Å². The van der Waals surface area contributed by atoms with Crippen molar-refractivity contribution in [3.63, 3.8) is 0 Å². The fourth-order valence-electron chi connectivity index (χ4n) is 1.35. The predicted octanol–water partition coefficient (Wildman–Crippen LogP) is 2.58. The Morgan fingerprint density at radius 1 is 1.15 bits per heavy atom. The second-order valence-corrected chi connectivity index (χ2v) is 4.28. The summed E-state index contributed by atoms with van der Waals surface area (Å²) in [7, 11) is 0. The lowest BCUT2D eigenvalue weighted by molar-refractivity contribution is -0.117. The van der Waals surface area contributed by atoms with Crippen molar-refractivity contribution in [3.8, 4) is 0 Å². The van der Waals surface area contributed by atoms with Crippen LogP contribution in [0.4, 0.5) is 0 Å². The second-order valence-electron chi connectivity index (χ2n) is 4.28. The molecule has 6 heteroatoms. The summed E-state index contributed by atoms with van der Waals surface area (Å²) >= 11 is 0. The average molecular weight is 281 g/mol. The highest BCUT2D eigenvalue weighted by atomic mass is 16.5. The number of aromatic nitrogens is 2. The number of rotatable bonds is 4. The molecule has 20 heavy (non-hydrogen) atoms. The summed E-state index contributed by atoms with van der Waals surface area (Å²) in [6.45, 7) is 5.73. The van der Waals surface area contributed by atoms with Crippen LogP contribution in [0.5, 0.6) is 0 Å². The summed E-state index contributed by atoms with van der Waals surface area (Å²) in [5.41, 5.74) is 6.97. The van der Waals surface area contributed by atoms with Crippen LogP contribution in [-0.4, -0.2) is 16.1 Å². The molecule has 0 spiro atoms. The zero-order valence-electron chi connectivity index (χ0n) is 11.5. The fourth-order valence-corrected chi connectivity index (χ4v) is 1.35. The summed E-state index contributed by atoms with van der Waals surface area (Å²) in [5.74, 6) is 1.71. The Balaban J connectivity index is 0.000000359. The van der Waals surface area contributed by atoms with Gasteiger partial charge in [-0.25, -0.2) is 0 Å². The van der Waals surface area contributed by atoms with E-state index >= 15 is 0 Å². The second kappa shape index (κ2) is 9.03. The molecule has 0 atom stereocenters. The molecule has 0 aliphatic heterocycles. The minimum atomic E-state index is 0. The van der Waals surface area contributed by atoms with Crippen LogP contribution in [0.2, 0.25) is 0 Å². The van der Waals surface area contributed by atoms with Crippen molar-refractivity contribution in [2.45, 2.75) is 47.6 Å². The molecule has 2 aromatic rings. The molecular formula is C14H23N3O3. The molecule has 2 N–H and O–H groups in total. The quantitative estimate of drug-likeness (QED) is 0.925. The Kier molecular flexibility index (Phi) is 8.15. The van der Waals surface area contributed by atoms with Crippen molar-refractivity contribution >= 4 is 5.78 Å². The van der Waals surface area contributed by atoms with Crippen molar-refractivity contribution in [2.75, 3.05) is 0 Å². The van der Waals surface area contributed by atoms with Gasteiger partial charge < -0.3 is 19.6 Å². The number of nitrogens with zero attached hydrogens (tertiary/aromatic N) is 2. The van der Waals surface area contributed by atoms with E-state index in [2.05, 4.69) is 10.3 Å². The normalized spacial score (nSPS) is 9.40. The van der Waals surface area contributed by atoms with Gasteiger partial charge in [0.05, 0.1) is 17.9 Å². The Hall–Kier alpha value is -1.95. The summed E-state index contributed by atoms with van der Waals surface area (Å²) in [6, 6.07) is 3.67. The van der Waals surface area contributed by atoms with Gasteiger partial charge in [0, 0.05) is 25.0 Å². The molecule has 0 aliphatic rings. The van der Waals surface area contributed by atoms with E-state index in [1.165, 1.54) is 0 Å². The molecular weight excluding hydrogens is 258 g/mol. The van der Waals surface area contributed by atoms with Gasteiger partial charge in [0.15, 0.2) is 5.76 Å². The smallest absolute Gasteiger partial charge is 0.150 e. The van der Waals surface area contributed by atoms with E-state index < -0.39 is 0 Å². The van der Waals surface area contributed by atoms with Crippen LogP contribution < -0.4 is 5.73 Å². The fraction of sp³-hybridized carbons (Fsp3) is 0.500. The minimum Gasteiger partial charge on any atom is -0.361 e. The molecule has 0 saturated carbocycles. The number of nitrogens with two attached hydrogens (primary N) is 1. The van der Waals surface area contributed by atoms with E-state index in [0.29, 0.717) is 19.4 Å². The predicted molar refractivity (Wildman–Crippen MR) is 76.1 cm³/mol. The maximum absolute atomic E-state index is 10.6. The number of ketones is 1. The van der Waals surface area contributed by atoms with E-state index in [1.54, 1.807) is 6.92 Å². The molecule has 2 rings (SSSR count). The summed E-state index contributed by atoms with van der Waals surface area (Å²) in [5, 5.41) is 7.34.